The molecule has 1 amide bonds. The van der Waals surface area contributed by atoms with Gasteiger partial charge in [-0.2, -0.15) is 0 Å². The molecule has 0 bridgehead atoms. The first-order chi connectivity index (χ1) is 14.6. The van der Waals surface area contributed by atoms with E-state index >= 15 is 0 Å². The Morgan fingerprint density at radius 2 is 1.57 bits per heavy atom. The number of ketones is 1. The molecule has 1 aromatic heterocycles. The number of fused-ring (bicyclic) bond motifs is 1. The normalized spacial score (nSPS) is 10.5. The lowest BCUT2D eigenvalue weighted by molar-refractivity contribution is 0.0921. The number of nitrogens with one attached hydrogen (secondary N) is 1. The van der Waals surface area contributed by atoms with Gasteiger partial charge in [-0.05, 0) is 54.6 Å². The van der Waals surface area contributed by atoms with Gasteiger partial charge in [0.2, 0.25) is 0 Å². The van der Waals surface area contributed by atoms with Gasteiger partial charge in [0.15, 0.2) is 12.4 Å². The van der Waals surface area contributed by atoms with E-state index in [9.17, 15) is 14.4 Å². The van der Waals surface area contributed by atoms with Crippen molar-refractivity contribution in [2.75, 3.05) is 11.9 Å². The maximum atomic E-state index is 12.4. The molecule has 3 aromatic carbocycles. The highest BCUT2D eigenvalue weighted by molar-refractivity contribution is 6.04. The molecule has 0 unspecified atom stereocenters. The zero-order valence-corrected chi connectivity index (χ0v) is 15.8. The molecule has 0 aliphatic carbocycles. The fraction of sp³-hybridized carbons (Fsp3) is 0.0417. The molecule has 0 saturated heterocycles. The van der Waals surface area contributed by atoms with Crippen LogP contribution in [0.5, 0.6) is 5.75 Å². The van der Waals surface area contributed by atoms with Crippen molar-refractivity contribution >= 4 is 28.3 Å². The molecule has 0 fully saturated rings. The lowest BCUT2D eigenvalue weighted by Crippen LogP contribution is -2.13. The number of amides is 1. The second-order valence-corrected chi connectivity index (χ2v) is 6.56. The summed E-state index contributed by atoms with van der Waals surface area (Å²) in [6.07, 6.45) is 0. The molecule has 30 heavy (non-hydrogen) atoms. The number of hydrogen-bond acceptors (Lipinski definition) is 5. The molecule has 0 atom stereocenters. The summed E-state index contributed by atoms with van der Waals surface area (Å²) in [6, 6.07) is 23.5. The Morgan fingerprint density at radius 3 is 2.33 bits per heavy atom. The number of carbonyl (C=O) groups is 2. The maximum Gasteiger partial charge on any atom is 0.336 e. The number of carbonyl (C=O) groups excluding carboxylic acids is 2. The maximum absolute atomic E-state index is 12.4. The largest absolute Gasteiger partial charge is 0.485 e. The van der Waals surface area contributed by atoms with Gasteiger partial charge in [-0.1, -0.05) is 18.2 Å². The van der Waals surface area contributed by atoms with Crippen LogP contribution in [0.1, 0.15) is 20.7 Å². The summed E-state index contributed by atoms with van der Waals surface area (Å²) in [5, 5.41) is 3.55. The predicted molar refractivity (Wildman–Crippen MR) is 113 cm³/mol. The average Bonchev–Trinajstić information content (AvgIpc) is 2.78. The third-order valence-corrected chi connectivity index (χ3v) is 4.47. The standard InChI is InChI=1S/C24H17NO5/c26-21(15-29-20-12-8-17-9-13-23(27)30-22(17)14-20)16-6-10-19(11-7-16)25-24(28)18-4-2-1-3-5-18/h1-14H,15H2,(H,25,28). The van der Waals surface area contributed by atoms with Gasteiger partial charge in [-0.3, -0.25) is 9.59 Å². The highest BCUT2D eigenvalue weighted by atomic mass is 16.5. The highest BCUT2D eigenvalue weighted by Gasteiger charge is 2.10. The number of benzene rings is 3. The van der Waals surface area contributed by atoms with Gasteiger partial charge in [0, 0.05) is 34.3 Å². The molecule has 4 aromatic rings. The molecule has 6 nitrogen and oxygen atoms in total. The van der Waals surface area contributed by atoms with Gasteiger partial charge in [0.05, 0.1) is 0 Å². The summed E-state index contributed by atoms with van der Waals surface area (Å²) in [6.45, 7) is -0.168. The van der Waals surface area contributed by atoms with Crippen molar-refractivity contribution in [3.05, 3.63) is 106 Å². The van der Waals surface area contributed by atoms with Crippen LogP contribution in [0, 0.1) is 0 Å². The number of anilines is 1. The van der Waals surface area contributed by atoms with Crippen LogP contribution in [0.2, 0.25) is 0 Å². The van der Waals surface area contributed by atoms with Crippen LogP contribution in [0.4, 0.5) is 5.69 Å². The summed E-state index contributed by atoms with van der Waals surface area (Å²) in [7, 11) is 0. The minimum atomic E-state index is -0.449. The van der Waals surface area contributed by atoms with Crippen LogP contribution in [0.3, 0.4) is 0 Å². The summed E-state index contributed by atoms with van der Waals surface area (Å²) in [5.74, 6) is -0.0107. The van der Waals surface area contributed by atoms with Gasteiger partial charge in [0.25, 0.3) is 5.91 Å². The highest BCUT2D eigenvalue weighted by Crippen LogP contribution is 2.20. The number of Topliss-reactive ketones (excluding diaryl/α,β-unsaturated/α-hetero) is 1. The van der Waals surface area contributed by atoms with E-state index in [4.69, 9.17) is 9.15 Å². The van der Waals surface area contributed by atoms with Gasteiger partial charge >= 0.3 is 5.63 Å². The van der Waals surface area contributed by atoms with E-state index in [1.807, 2.05) is 6.07 Å². The van der Waals surface area contributed by atoms with E-state index in [0.29, 0.717) is 28.1 Å². The Bertz CT molecular complexity index is 1260. The average molecular weight is 399 g/mol. The number of rotatable bonds is 6. The first kappa shape index (κ1) is 19.1. The molecular weight excluding hydrogens is 382 g/mol. The topological polar surface area (TPSA) is 85.6 Å². The second-order valence-electron chi connectivity index (χ2n) is 6.56. The van der Waals surface area contributed by atoms with Gasteiger partial charge < -0.3 is 14.5 Å². The first-order valence-corrected chi connectivity index (χ1v) is 9.25. The van der Waals surface area contributed by atoms with E-state index in [-0.39, 0.29) is 18.3 Å². The van der Waals surface area contributed by atoms with Crippen molar-refractivity contribution in [2.24, 2.45) is 0 Å². The van der Waals surface area contributed by atoms with Crippen LogP contribution < -0.4 is 15.7 Å². The molecule has 0 aliphatic heterocycles. The van der Waals surface area contributed by atoms with Crippen LogP contribution >= 0.6 is 0 Å². The van der Waals surface area contributed by atoms with E-state index in [1.54, 1.807) is 72.8 Å². The summed E-state index contributed by atoms with van der Waals surface area (Å²) in [5.41, 5.74) is 1.55. The zero-order chi connectivity index (χ0) is 20.9. The fourth-order valence-electron chi connectivity index (χ4n) is 2.90. The lowest BCUT2D eigenvalue weighted by Gasteiger charge is -2.08. The van der Waals surface area contributed by atoms with Crippen LogP contribution in [-0.4, -0.2) is 18.3 Å². The van der Waals surface area contributed by atoms with Gasteiger partial charge in [0.1, 0.15) is 11.3 Å². The Balaban J connectivity index is 1.38. The Morgan fingerprint density at radius 1 is 0.833 bits per heavy atom. The summed E-state index contributed by atoms with van der Waals surface area (Å²) >= 11 is 0. The minimum absolute atomic E-state index is 0.168. The number of ether oxygens (including phenoxy) is 1. The number of hydrogen-bond donors (Lipinski definition) is 1. The second kappa shape index (κ2) is 8.45. The van der Waals surface area contributed by atoms with Crippen molar-refractivity contribution in [3.63, 3.8) is 0 Å². The molecule has 6 heteroatoms. The predicted octanol–water partition coefficient (Wildman–Crippen LogP) is 4.31. The summed E-state index contributed by atoms with van der Waals surface area (Å²) in [4.78, 5) is 35.9. The van der Waals surface area contributed by atoms with Crippen molar-refractivity contribution in [1.82, 2.24) is 0 Å². The lowest BCUT2D eigenvalue weighted by atomic mass is 10.1. The third-order valence-electron chi connectivity index (χ3n) is 4.47. The van der Waals surface area contributed by atoms with Crippen molar-refractivity contribution < 1.29 is 18.7 Å². The van der Waals surface area contributed by atoms with Crippen molar-refractivity contribution in [1.29, 1.82) is 0 Å². The van der Waals surface area contributed by atoms with E-state index in [2.05, 4.69) is 5.32 Å². The van der Waals surface area contributed by atoms with E-state index in [1.165, 1.54) is 6.07 Å². The van der Waals surface area contributed by atoms with Crippen LogP contribution in [-0.2, 0) is 0 Å². The molecular formula is C24H17NO5. The third kappa shape index (κ3) is 4.44. The molecule has 0 radical (unpaired) electrons. The molecule has 0 saturated carbocycles. The molecule has 1 heterocycles. The van der Waals surface area contributed by atoms with Crippen LogP contribution in [0.25, 0.3) is 11.0 Å². The monoisotopic (exact) mass is 399 g/mol. The Labute approximate surface area is 171 Å². The first-order valence-electron chi connectivity index (χ1n) is 9.25. The van der Waals surface area contributed by atoms with Crippen LogP contribution in [0.15, 0.2) is 94.1 Å². The van der Waals surface area contributed by atoms with Gasteiger partial charge in [-0.15, -0.1) is 0 Å². The quantitative estimate of drug-likeness (QED) is 0.386. The Hall–Kier alpha value is -4.19. The van der Waals surface area contributed by atoms with Gasteiger partial charge in [-0.25, -0.2) is 4.79 Å². The molecule has 0 aliphatic rings. The van der Waals surface area contributed by atoms with E-state index < -0.39 is 5.63 Å². The fourth-order valence-corrected chi connectivity index (χ4v) is 2.90. The minimum Gasteiger partial charge on any atom is -0.485 e. The molecule has 148 valence electrons. The Kier molecular flexibility index (Phi) is 5.39. The zero-order valence-electron chi connectivity index (χ0n) is 15.8. The molecule has 4 rings (SSSR count). The molecule has 1 N–H and O–H groups in total. The van der Waals surface area contributed by atoms with E-state index in [0.717, 1.165) is 5.39 Å². The smallest absolute Gasteiger partial charge is 0.336 e. The molecule has 0 spiro atoms. The SMILES string of the molecule is O=C(COc1ccc2ccc(=O)oc2c1)c1ccc(NC(=O)c2ccccc2)cc1. The summed E-state index contributed by atoms with van der Waals surface area (Å²) < 4.78 is 10.7. The van der Waals surface area contributed by atoms with Crippen molar-refractivity contribution in [3.8, 4) is 5.75 Å². The van der Waals surface area contributed by atoms with Crippen molar-refractivity contribution in [2.45, 2.75) is 0 Å².